The summed E-state index contributed by atoms with van der Waals surface area (Å²) in [6.07, 6.45) is 6.29. The Morgan fingerprint density at radius 3 is 2.75 bits per heavy atom. The van der Waals surface area contributed by atoms with Crippen LogP contribution < -0.4 is 0 Å². The molecule has 0 aliphatic heterocycles. The predicted molar refractivity (Wildman–Crippen MR) is 49.9 cm³/mol. The van der Waals surface area contributed by atoms with Gasteiger partial charge in [-0.05, 0) is 18.9 Å². The van der Waals surface area contributed by atoms with E-state index in [9.17, 15) is 0 Å². The van der Waals surface area contributed by atoms with E-state index in [-0.39, 0.29) is 0 Å². The van der Waals surface area contributed by atoms with Gasteiger partial charge in [-0.2, -0.15) is 0 Å². The van der Waals surface area contributed by atoms with E-state index in [0.29, 0.717) is 5.41 Å². The Bertz CT molecular complexity index is 319. The summed E-state index contributed by atoms with van der Waals surface area (Å²) in [5.74, 6) is 1.21. The molecule has 1 aromatic rings. The van der Waals surface area contributed by atoms with E-state index in [1.165, 1.54) is 18.7 Å². The zero-order valence-electron chi connectivity index (χ0n) is 7.67. The third-order valence-electron chi connectivity index (χ3n) is 2.77. The summed E-state index contributed by atoms with van der Waals surface area (Å²) in [5, 5.41) is 0. The highest BCUT2D eigenvalue weighted by Gasteiger charge is 2.42. The first-order valence-corrected chi connectivity index (χ1v) is 4.32. The second-order valence-electron chi connectivity index (χ2n) is 3.83. The van der Waals surface area contributed by atoms with Crippen molar-refractivity contribution in [1.82, 2.24) is 9.55 Å². The number of aromatic nitrogens is 2. The van der Waals surface area contributed by atoms with Crippen LogP contribution in [-0.2, 0) is 12.5 Å². The summed E-state index contributed by atoms with van der Waals surface area (Å²) in [4.78, 5) is 4.41. The molecule has 1 aliphatic carbocycles. The van der Waals surface area contributed by atoms with Gasteiger partial charge in [-0.3, -0.25) is 0 Å². The molecule has 0 spiro atoms. The number of hydrogen-bond donors (Lipinski definition) is 0. The van der Waals surface area contributed by atoms with Gasteiger partial charge in [-0.25, -0.2) is 4.98 Å². The molecule has 1 aliphatic rings. The topological polar surface area (TPSA) is 17.8 Å². The standard InChI is InChI=1S/C10H14N2/c1-4-8-7-11-9(12(8)3)10(2)5-6-10/h4,7H,1,5-6H2,2-3H3. The normalized spacial score (nSPS) is 19.2. The maximum atomic E-state index is 4.41. The van der Waals surface area contributed by atoms with Crippen LogP contribution in [0.15, 0.2) is 12.8 Å². The Morgan fingerprint density at radius 2 is 2.33 bits per heavy atom. The lowest BCUT2D eigenvalue weighted by Gasteiger charge is -2.08. The molecule has 2 rings (SSSR count). The fraction of sp³-hybridized carbons (Fsp3) is 0.500. The van der Waals surface area contributed by atoms with Crippen molar-refractivity contribution in [3.63, 3.8) is 0 Å². The van der Waals surface area contributed by atoms with E-state index in [1.54, 1.807) is 0 Å². The van der Waals surface area contributed by atoms with Gasteiger partial charge in [0.05, 0.1) is 11.9 Å². The van der Waals surface area contributed by atoms with E-state index in [1.807, 2.05) is 12.3 Å². The summed E-state index contributed by atoms with van der Waals surface area (Å²) in [6.45, 7) is 6.01. The van der Waals surface area contributed by atoms with Crippen molar-refractivity contribution in [2.75, 3.05) is 0 Å². The molecular formula is C10H14N2. The van der Waals surface area contributed by atoms with Crippen LogP contribution in [0.25, 0.3) is 6.08 Å². The SMILES string of the molecule is C=Cc1cnc(C2(C)CC2)n1C. The molecule has 0 unspecified atom stereocenters. The minimum absolute atomic E-state index is 0.357. The van der Waals surface area contributed by atoms with Crippen molar-refractivity contribution < 1.29 is 0 Å². The molecule has 0 bridgehead atoms. The van der Waals surface area contributed by atoms with Crippen molar-refractivity contribution >= 4 is 6.08 Å². The van der Waals surface area contributed by atoms with Gasteiger partial charge in [-0.1, -0.05) is 13.5 Å². The Labute approximate surface area is 72.9 Å². The van der Waals surface area contributed by atoms with E-state index in [4.69, 9.17) is 0 Å². The molecule has 0 aromatic carbocycles. The quantitative estimate of drug-likeness (QED) is 0.651. The van der Waals surface area contributed by atoms with Crippen molar-refractivity contribution in [3.05, 3.63) is 24.3 Å². The average Bonchev–Trinajstić information content (AvgIpc) is 2.65. The number of hydrogen-bond acceptors (Lipinski definition) is 1. The molecule has 1 fully saturated rings. The van der Waals surface area contributed by atoms with Crippen molar-refractivity contribution in [1.29, 1.82) is 0 Å². The van der Waals surface area contributed by atoms with Gasteiger partial charge < -0.3 is 4.57 Å². The molecule has 64 valence electrons. The van der Waals surface area contributed by atoms with Gasteiger partial charge in [-0.15, -0.1) is 0 Å². The Kier molecular flexibility index (Phi) is 1.40. The minimum atomic E-state index is 0.357. The highest BCUT2D eigenvalue weighted by atomic mass is 15.1. The maximum absolute atomic E-state index is 4.41. The number of imidazole rings is 1. The minimum Gasteiger partial charge on any atom is -0.331 e. The van der Waals surface area contributed by atoms with E-state index < -0.39 is 0 Å². The summed E-state index contributed by atoms with van der Waals surface area (Å²) >= 11 is 0. The largest absolute Gasteiger partial charge is 0.331 e. The first kappa shape index (κ1) is 7.59. The molecule has 1 saturated carbocycles. The van der Waals surface area contributed by atoms with E-state index in [2.05, 4.69) is 30.1 Å². The average molecular weight is 162 g/mol. The lowest BCUT2D eigenvalue weighted by Crippen LogP contribution is -2.09. The van der Waals surface area contributed by atoms with E-state index in [0.717, 1.165) is 5.69 Å². The molecule has 2 heteroatoms. The smallest absolute Gasteiger partial charge is 0.114 e. The highest BCUT2D eigenvalue weighted by molar-refractivity contribution is 5.42. The Hall–Kier alpha value is -1.05. The molecular weight excluding hydrogens is 148 g/mol. The lowest BCUT2D eigenvalue weighted by atomic mass is 10.1. The van der Waals surface area contributed by atoms with Crippen LogP contribution in [0.1, 0.15) is 31.3 Å². The van der Waals surface area contributed by atoms with E-state index >= 15 is 0 Å². The van der Waals surface area contributed by atoms with Gasteiger partial charge in [0.15, 0.2) is 0 Å². The molecule has 12 heavy (non-hydrogen) atoms. The maximum Gasteiger partial charge on any atom is 0.114 e. The fourth-order valence-corrected chi connectivity index (χ4v) is 1.58. The number of nitrogens with zero attached hydrogens (tertiary/aromatic N) is 2. The molecule has 0 radical (unpaired) electrons. The van der Waals surface area contributed by atoms with Gasteiger partial charge in [0.2, 0.25) is 0 Å². The molecule has 1 heterocycles. The molecule has 0 atom stereocenters. The summed E-state index contributed by atoms with van der Waals surface area (Å²) < 4.78 is 2.14. The first-order valence-electron chi connectivity index (χ1n) is 4.32. The molecule has 0 N–H and O–H groups in total. The predicted octanol–water partition coefficient (Wildman–Crippen LogP) is 2.11. The summed E-state index contributed by atoms with van der Waals surface area (Å²) in [6, 6.07) is 0. The summed E-state index contributed by atoms with van der Waals surface area (Å²) in [5.41, 5.74) is 1.47. The second kappa shape index (κ2) is 2.22. The van der Waals surface area contributed by atoms with Crippen molar-refractivity contribution in [2.45, 2.75) is 25.2 Å². The summed E-state index contributed by atoms with van der Waals surface area (Å²) in [7, 11) is 2.06. The first-order chi connectivity index (χ1) is 5.67. The monoisotopic (exact) mass is 162 g/mol. The molecule has 1 aromatic heterocycles. The third-order valence-corrected chi connectivity index (χ3v) is 2.77. The van der Waals surface area contributed by atoms with Crippen LogP contribution in [0.2, 0.25) is 0 Å². The van der Waals surface area contributed by atoms with Crippen LogP contribution in [-0.4, -0.2) is 9.55 Å². The van der Waals surface area contributed by atoms with Crippen LogP contribution >= 0.6 is 0 Å². The Morgan fingerprint density at radius 1 is 1.67 bits per heavy atom. The van der Waals surface area contributed by atoms with Crippen molar-refractivity contribution in [2.24, 2.45) is 7.05 Å². The van der Waals surface area contributed by atoms with Gasteiger partial charge in [0, 0.05) is 12.5 Å². The highest BCUT2D eigenvalue weighted by Crippen LogP contribution is 2.46. The van der Waals surface area contributed by atoms with Crippen molar-refractivity contribution in [3.8, 4) is 0 Å². The lowest BCUT2D eigenvalue weighted by molar-refractivity contribution is 0.658. The fourth-order valence-electron chi connectivity index (χ4n) is 1.58. The molecule has 0 saturated heterocycles. The van der Waals surface area contributed by atoms with Gasteiger partial charge >= 0.3 is 0 Å². The molecule has 0 amide bonds. The number of rotatable bonds is 2. The van der Waals surface area contributed by atoms with Crippen LogP contribution in [0.3, 0.4) is 0 Å². The van der Waals surface area contributed by atoms with Gasteiger partial charge in [0.25, 0.3) is 0 Å². The van der Waals surface area contributed by atoms with Crippen LogP contribution in [0, 0.1) is 0 Å². The molecule has 2 nitrogen and oxygen atoms in total. The third kappa shape index (κ3) is 0.909. The zero-order valence-corrected chi connectivity index (χ0v) is 7.67. The van der Waals surface area contributed by atoms with Crippen LogP contribution in [0.4, 0.5) is 0 Å². The zero-order chi connectivity index (χ0) is 8.77. The van der Waals surface area contributed by atoms with Crippen LogP contribution in [0.5, 0.6) is 0 Å². The Balaban J connectivity index is 2.45. The second-order valence-corrected chi connectivity index (χ2v) is 3.83. The van der Waals surface area contributed by atoms with Gasteiger partial charge in [0.1, 0.15) is 5.82 Å².